The van der Waals surface area contributed by atoms with E-state index in [2.05, 4.69) is 70.8 Å². The number of hydrogen-bond donors (Lipinski definition) is 1. The minimum Gasteiger partial charge on any atom is -0.360 e. The molecule has 2 aromatic carbocycles. The van der Waals surface area contributed by atoms with Gasteiger partial charge in [-0.15, -0.1) is 0 Å². The normalized spacial score (nSPS) is 18.4. The van der Waals surface area contributed by atoms with Gasteiger partial charge < -0.3 is 10.1 Å². The van der Waals surface area contributed by atoms with E-state index in [1.54, 1.807) is 6.07 Å². The Balaban J connectivity index is 1.54. The van der Waals surface area contributed by atoms with Crippen LogP contribution in [0.5, 0.6) is 0 Å². The van der Waals surface area contributed by atoms with Gasteiger partial charge in [0.15, 0.2) is 0 Å². The molecule has 1 fully saturated rings. The van der Waals surface area contributed by atoms with Gasteiger partial charge in [0, 0.05) is 25.8 Å². The molecule has 1 aromatic heterocycles. The second-order valence-electron chi connectivity index (χ2n) is 9.36. The van der Waals surface area contributed by atoms with Gasteiger partial charge in [-0.25, -0.2) is 9.07 Å². The minimum atomic E-state index is -1.12. The number of rotatable bonds is 9. The number of carbonyl (C=O) groups is 1. The first kappa shape index (κ1) is 22.4. The number of ether oxygens (including phenoxy) is 1. The lowest BCUT2D eigenvalue weighted by Crippen LogP contribution is -2.22. The Labute approximate surface area is 196 Å². The molecule has 0 spiro atoms. The summed E-state index contributed by atoms with van der Waals surface area (Å²) in [4.78, 5) is 10.9. The van der Waals surface area contributed by atoms with Crippen LogP contribution in [0, 0.1) is 9.52 Å². The summed E-state index contributed by atoms with van der Waals surface area (Å²) in [5, 5.41) is 8.48. The molecule has 5 nitrogen and oxygen atoms in total. The number of halogens is 2. The minimum absolute atomic E-state index is 0.194. The van der Waals surface area contributed by atoms with Crippen LogP contribution in [-0.2, 0) is 16.3 Å². The molecule has 164 valence electrons. The summed E-state index contributed by atoms with van der Waals surface area (Å²) in [6.45, 7) is 8.23. The van der Waals surface area contributed by atoms with E-state index in [-0.39, 0.29) is 11.7 Å². The van der Waals surface area contributed by atoms with Crippen molar-refractivity contribution < 1.29 is 13.9 Å². The number of benzene rings is 2. The third kappa shape index (κ3) is 5.18. The van der Waals surface area contributed by atoms with Gasteiger partial charge in [0.1, 0.15) is 16.2 Å². The molecule has 2 atom stereocenters. The van der Waals surface area contributed by atoms with Crippen molar-refractivity contribution >= 4 is 53.7 Å². The summed E-state index contributed by atoms with van der Waals surface area (Å²) in [5.41, 5.74) is 3.81. The molecule has 0 aliphatic heterocycles. The van der Waals surface area contributed by atoms with Crippen LogP contribution in [0.4, 0.5) is 10.1 Å². The van der Waals surface area contributed by atoms with Gasteiger partial charge >= 0.3 is 0 Å². The molecular weight excluding hydrogens is 524 g/mol. The quantitative estimate of drug-likeness (QED) is 0.155. The fourth-order valence-corrected chi connectivity index (χ4v) is 5.42. The van der Waals surface area contributed by atoms with Crippen molar-refractivity contribution in [3.05, 3.63) is 57.0 Å². The second-order valence-corrected chi connectivity index (χ2v) is 16.0. The zero-order valence-electron chi connectivity index (χ0n) is 18.0. The molecule has 4 rings (SSSR count). The van der Waals surface area contributed by atoms with Crippen LogP contribution in [-0.4, -0.2) is 30.9 Å². The van der Waals surface area contributed by atoms with Gasteiger partial charge in [0.05, 0.1) is 5.52 Å². The molecular formula is C23H27FIN3O2Si. The second kappa shape index (κ2) is 8.99. The van der Waals surface area contributed by atoms with Gasteiger partial charge in [-0.1, -0.05) is 25.7 Å². The molecule has 1 heterocycles. The molecule has 1 saturated carbocycles. The van der Waals surface area contributed by atoms with Crippen molar-refractivity contribution in [3.63, 3.8) is 0 Å². The maximum atomic E-state index is 13.9. The SMILES string of the molecule is C[Si](C)(C)CCOCn1nc(I)c2ccc([C@@H]3C[C@@H]3c3cc(F)ccc3NC=O)cc21. The van der Waals surface area contributed by atoms with E-state index in [1.165, 1.54) is 17.7 Å². The topological polar surface area (TPSA) is 56.1 Å². The molecule has 31 heavy (non-hydrogen) atoms. The zero-order valence-corrected chi connectivity index (χ0v) is 21.1. The fourth-order valence-electron chi connectivity index (χ4n) is 3.95. The molecule has 8 heteroatoms. The maximum absolute atomic E-state index is 13.9. The van der Waals surface area contributed by atoms with Gasteiger partial charge in [-0.3, -0.25) is 4.79 Å². The van der Waals surface area contributed by atoms with Gasteiger partial charge in [-0.05, 0) is 88.4 Å². The Kier molecular flexibility index (Phi) is 6.50. The number of hydrogen-bond acceptors (Lipinski definition) is 3. The van der Waals surface area contributed by atoms with Gasteiger partial charge in [0.25, 0.3) is 0 Å². The van der Waals surface area contributed by atoms with E-state index < -0.39 is 8.07 Å². The Morgan fingerprint density at radius 2 is 2.06 bits per heavy atom. The Morgan fingerprint density at radius 3 is 2.81 bits per heavy atom. The molecule has 0 radical (unpaired) electrons. The molecule has 3 aromatic rings. The van der Waals surface area contributed by atoms with Crippen LogP contribution in [0.25, 0.3) is 10.9 Å². The number of amides is 1. The van der Waals surface area contributed by atoms with Crippen molar-refractivity contribution in [2.24, 2.45) is 0 Å². The predicted molar refractivity (Wildman–Crippen MR) is 133 cm³/mol. The summed E-state index contributed by atoms with van der Waals surface area (Å²) in [6.07, 6.45) is 1.57. The van der Waals surface area contributed by atoms with Crippen molar-refractivity contribution in [2.45, 2.75) is 50.7 Å². The summed E-state index contributed by atoms with van der Waals surface area (Å²) >= 11 is 2.26. The van der Waals surface area contributed by atoms with Crippen molar-refractivity contribution in [3.8, 4) is 0 Å². The van der Waals surface area contributed by atoms with E-state index in [0.29, 0.717) is 24.7 Å². The molecule has 1 amide bonds. The van der Waals surface area contributed by atoms with E-state index >= 15 is 0 Å². The van der Waals surface area contributed by atoms with E-state index in [0.717, 1.165) is 39.2 Å². The Morgan fingerprint density at radius 1 is 1.26 bits per heavy atom. The highest BCUT2D eigenvalue weighted by Gasteiger charge is 2.41. The summed E-state index contributed by atoms with van der Waals surface area (Å²) in [6, 6.07) is 12.1. The van der Waals surface area contributed by atoms with Crippen molar-refractivity contribution in [1.29, 1.82) is 0 Å². The van der Waals surface area contributed by atoms with Crippen LogP contribution in [0.3, 0.4) is 0 Å². The number of carbonyl (C=O) groups excluding carboxylic acids is 1. The largest absolute Gasteiger partial charge is 0.360 e. The average Bonchev–Trinajstić information content (AvgIpc) is 3.45. The Bertz CT molecular complexity index is 1110. The lowest BCUT2D eigenvalue weighted by molar-refractivity contribution is -0.105. The molecule has 0 bridgehead atoms. The first-order chi connectivity index (χ1) is 14.8. The summed E-state index contributed by atoms with van der Waals surface area (Å²) in [7, 11) is -1.12. The first-order valence-corrected chi connectivity index (χ1v) is 15.3. The number of anilines is 1. The standard InChI is InChI=1S/C23H27FIN3O2Si/c1-31(2,3)9-8-30-14-28-22-10-15(4-6-17(22)23(25)27-28)18-12-19(18)20-11-16(24)5-7-21(20)26-13-29/h4-7,10-11,13,18-19H,8-9,12,14H2,1-3H3,(H,26,29)/t18-,19-/m0/s1. The lowest BCUT2D eigenvalue weighted by Gasteiger charge is -2.15. The molecule has 1 aliphatic carbocycles. The van der Waals surface area contributed by atoms with Crippen LogP contribution in [0.1, 0.15) is 29.4 Å². The van der Waals surface area contributed by atoms with Crippen LogP contribution >= 0.6 is 22.6 Å². The number of nitrogens with one attached hydrogen (secondary N) is 1. The summed E-state index contributed by atoms with van der Waals surface area (Å²) < 4.78 is 22.7. The van der Waals surface area contributed by atoms with Crippen molar-refractivity contribution in [1.82, 2.24) is 9.78 Å². The highest BCUT2D eigenvalue weighted by atomic mass is 127. The number of nitrogens with zero attached hydrogens (tertiary/aromatic N) is 2. The highest BCUT2D eigenvalue weighted by Crippen LogP contribution is 2.56. The molecule has 1 N–H and O–H groups in total. The van der Waals surface area contributed by atoms with Crippen LogP contribution in [0.2, 0.25) is 25.7 Å². The predicted octanol–water partition coefficient (Wildman–Crippen LogP) is 5.93. The smallest absolute Gasteiger partial charge is 0.211 e. The average molecular weight is 551 g/mol. The molecule has 0 unspecified atom stereocenters. The lowest BCUT2D eigenvalue weighted by atomic mass is 10.0. The highest BCUT2D eigenvalue weighted by molar-refractivity contribution is 14.1. The van der Waals surface area contributed by atoms with Gasteiger partial charge in [-0.2, -0.15) is 5.10 Å². The number of fused-ring (bicyclic) bond motifs is 1. The van der Waals surface area contributed by atoms with Crippen LogP contribution in [0.15, 0.2) is 36.4 Å². The van der Waals surface area contributed by atoms with E-state index in [4.69, 9.17) is 4.74 Å². The third-order valence-corrected chi connectivity index (χ3v) is 8.29. The third-order valence-electron chi connectivity index (χ3n) is 5.79. The number of aromatic nitrogens is 2. The summed E-state index contributed by atoms with van der Waals surface area (Å²) in [5.74, 6) is 0.210. The van der Waals surface area contributed by atoms with E-state index in [9.17, 15) is 9.18 Å². The molecule has 0 saturated heterocycles. The molecule has 1 aliphatic rings. The Hall–Kier alpha value is -1.78. The first-order valence-electron chi connectivity index (χ1n) is 10.5. The van der Waals surface area contributed by atoms with E-state index in [1.807, 2.05) is 4.68 Å². The van der Waals surface area contributed by atoms with Crippen molar-refractivity contribution in [2.75, 3.05) is 11.9 Å². The zero-order chi connectivity index (χ0) is 22.2. The van der Waals surface area contributed by atoms with Crippen LogP contribution < -0.4 is 5.32 Å². The maximum Gasteiger partial charge on any atom is 0.211 e. The van der Waals surface area contributed by atoms with Gasteiger partial charge in [0.2, 0.25) is 6.41 Å². The fraction of sp³-hybridized carbons (Fsp3) is 0.391. The monoisotopic (exact) mass is 551 g/mol.